The summed E-state index contributed by atoms with van der Waals surface area (Å²) in [5.41, 5.74) is 2.03. The summed E-state index contributed by atoms with van der Waals surface area (Å²) in [5, 5.41) is 9.91. The number of rotatable bonds is 7. The van der Waals surface area contributed by atoms with E-state index in [1.54, 1.807) is 25.7 Å². The Kier molecular flexibility index (Phi) is 5.13. The van der Waals surface area contributed by atoms with Crippen LogP contribution in [0.5, 0.6) is 5.75 Å². The Morgan fingerprint density at radius 1 is 1.40 bits per heavy atom. The van der Waals surface area contributed by atoms with Gasteiger partial charge in [0.15, 0.2) is 0 Å². The lowest BCUT2D eigenvalue weighted by atomic mass is 10.1. The van der Waals surface area contributed by atoms with Crippen LogP contribution in [-0.4, -0.2) is 39.3 Å². The molecule has 25 heavy (non-hydrogen) atoms. The molecule has 0 radical (unpaired) electrons. The average molecular weight is 339 g/mol. The number of amides is 1. The quantitative estimate of drug-likeness (QED) is 0.693. The number of benzene rings is 1. The Morgan fingerprint density at radius 3 is 3.04 bits per heavy atom. The highest BCUT2D eigenvalue weighted by Crippen LogP contribution is 2.22. The monoisotopic (exact) mass is 339 g/mol. The smallest absolute Gasteiger partial charge is 0.269 e. The van der Waals surface area contributed by atoms with Crippen LogP contribution in [0, 0.1) is 0 Å². The summed E-state index contributed by atoms with van der Waals surface area (Å²) in [7, 11) is 1.62. The largest absolute Gasteiger partial charge is 0.497 e. The number of aromatic nitrogens is 4. The van der Waals surface area contributed by atoms with Crippen LogP contribution < -0.4 is 10.1 Å². The second-order valence-electron chi connectivity index (χ2n) is 5.80. The molecule has 0 fully saturated rings. The molecule has 0 unspecified atom stereocenters. The van der Waals surface area contributed by atoms with Gasteiger partial charge in [0.25, 0.3) is 5.91 Å². The van der Waals surface area contributed by atoms with Crippen molar-refractivity contribution in [2.75, 3.05) is 13.7 Å². The molecule has 0 bridgehead atoms. The molecule has 1 aromatic carbocycles. The predicted octanol–water partition coefficient (Wildman–Crippen LogP) is 2.66. The van der Waals surface area contributed by atoms with E-state index in [0.29, 0.717) is 17.9 Å². The Hall–Kier alpha value is -3.09. The van der Waals surface area contributed by atoms with Crippen LogP contribution in [0.2, 0.25) is 0 Å². The first-order chi connectivity index (χ1) is 12.2. The molecule has 2 aromatic heterocycles. The molecule has 0 spiro atoms. The first kappa shape index (κ1) is 16.8. The van der Waals surface area contributed by atoms with Crippen molar-refractivity contribution < 1.29 is 9.53 Å². The molecule has 7 heteroatoms. The maximum absolute atomic E-state index is 12.3. The standard InChI is InChI=1S/C18H21N5O2/c1-13(23-9-8-19-12-23)6-7-20-18(24)17-11-16(21-22-17)14-4-3-5-15(10-14)25-2/h3-5,8-13H,6-7H2,1-2H3,(H,20,24)(H,21,22)/t13-/m1/s1. The van der Waals surface area contributed by atoms with Crippen LogP contribution in [0.1, 0.15) is 29.9 Å². The molecule has 0 aliphatic heterocycles. The second kappa shape index (κ2) is 7.65. The Balaban J connectivity index is 1.57. The first-order valence-electron chi connectivity index (χ1n) is 8.13. The average Bonchev–Trinajstić information content (AvgIpc) is 3.33. The van der Waals surface area contributed by atoms with Gasteiger partial charge < -0.3 is 14.6 Å². The van der Waals surface area contributed by atoms with Gasteiger partial charge in [0.1, 0.15) is 11.4 Å². The summed E-state index contributed by atoms with van der Waals surface area (Å²) in [6, 6.07) is 9.57. The highest BCUT2D eigenvalue weighted by atomic mass is 16.5. The number of H-pyrrole nitrogens is 1. The van der Waals surface area contributed by atoms with E-state index in [1.165, 1.54) is 0 Å². The molecular weight excluding hydrogens is 318 g/mol. The Morgan fingerprint density at radius 2 is 2.28 bits per heavy atom. The van der Waals surface area contributed by atoms with E-state index in [2.05, 4.69) is 27.4 Å². The van der Waals surface area contributed by atoms with Gasteiger partial charge in [-0.25, -0.2) is 4.98 Å². The summed E-state index contributed by atoms with van der Waals surface area (Å²) < 4.78 is 7.23. The van der Waals surface area contributed by atoms with Crippen molar-refractivity contribution >= 4 is 5.91 Å². The molecule has 0 aliphatic rings. The Bertz CT molecular complexity index is 826. The Labute approximate surface area is 146 Å². The molecule has 0 saturated heterocycles. The van der Waals surface area contributed by atoms with Crippen molar-refractivity contribution in [3.8, 4) is 17.0 Å². The van der Waals surface area contributed by atoms with Crippen LogP contribution in [0.15, 0.2) is 49.1 Å². The molecular formula is C18H21N5O2. The molecule has 2 N–H and O–H groups in total. The van der Waals surface area contributed by atoms with Crippen LogP contribution in [0.3, 0.4) is 0 Å². The number of aromatic amines is 1. The van der Waals surface area contributed by atoms with Gasteiger partial charge in [-0.2, -0.15) is 5.10 Å². The lowest BCUT2D eigenvalue weighted by Gasteiger charge is -2.12. The van der Waals surface area contributed by atoms with Gasteiger partial charge in [-0.1, -0.05) is 12.1 Å². The number of nitrogens with one attached hydrogen (secondary N) is 2. The summed E-state index contributed by atoms with van der Waals surface area (Å²) >= 11 is 0. The molecule has 3 rings (SSSR count). The third-order valence-corrected chi connectivity index (χ3v) is 4.07. The fraction of sp³-hybridized carbons (Fsp3) is 0.278. The van der Waals surface area contributed by atoms with Crippen molar-refractivity contribution in [2.45, 2.75) is 19.4 Å². The van der Waals surface area contributed by atoms with Gasteiger partial charge in [-0.05, 0) is 31.5 Å². The molecule has 0 aliphatic carbocycles. The van der Waals surface area contributed by atoms with Crippen molar-refractivity contribution in [2.24, 2.45) is 0 Å². The van der Waals surface area contributed by atoms with E-state index >= 15 is 0 Å². The summed E-state index contributed by atoms with van der Waals surface area (Å²) in [6.45, 7) is 2.66. The third-order valence-electron chi connectivity index (χ3n) is 4.07. The van der Waals surface area contributed by atoms with Crippen molar-refractivity contribution in [3.05, 3.63) is 54.7 Å². The molecule has 2 heterocycles. The number of nitrogens with zero attached hydrogens (tertiary/aromatic N) is 3. The van der Waals surface area contributed by atoms with E-state index in [9.17, 15) is 4.79 Å². The number of carbonyl (C=O) groups excluding carboxylic acids is 1. The molecule has 0 saturated carbocycles. The van der Waals surface area contributed by atoms with E-state index < -0.39 is 0 Å². The summed E-state index contributed by atoms with van der Waals surface area (Å²) in [4.78, 5) is 16.3. The van der Waals surface area contributed by atoms with E-state index in [-0.39, 0.29) is 11.9 Å². The predicted molar refractivity (Wildman–Crippen MR) is 94.5 cm³/mol. The molecule has 1 amide bonds. The van der Waals surface area contributed by atoms with Gasteiger partial charge in [-0.3, -0.25) is 9.89 Å². The van der Waals surface area contributed by atoms with Crippen LogP contribution >= 0.6 is 0 Å². The maximum Gasteiger partial charge on any atom is 0.269 e. The summed E-state index contributed by atoms with van der Waals surface area (Å²) in [6.07, 6.45) is 6.27. The van der Waals surface area contributed by atoms with Crippen LogP contribution in [0.4, 0.5) is 0 Å². The highest BCUT2D eigenvalue weighted by molar-refractivity contribution is 5.93. The number of carbonyl (C=O) groups is 1. The normalized spacial score (nSPS) is 11.9. The topological polar surface area (TPSA) is 84.8 Å². The minimum atomic E-state index is -0.167. The lowest BCUT2D eigenvalue weighted by molar-refractivity contribution is 0.0947. The van der Waals surface area contributed by atoms with Gasteiger partial charge in [-0.15, -0.1) is 0 Å². The van der Waals surface area contributed by atoms with Crippen LogP contribution in [-0.2, 0) is 0 Å². The zero-order chi connectivity index (χ0) is 17.6. The van der Waals surface area contributed by atoms with Gasteiger partial charge in [0.05, 0.1) is 19.1 Å². The minimum Gasteiger partial charge on any atom is -0.497 e. The van der Waals surface area contributed by atoms with Crippen molar-refractivity contribution in [3.63, 3.8) is 0 Å². The van der Waals surface area contributed by atoms with Gasteiger partial charge >= 0.3 is 0 Å². The fourth-order valence-electron chi connectivity index (χ4n) is 2.54. The maximum atomic E-state index is 12.3. The minimum absolute atomic E-state index is 0.167. The fourth-order valence-corrected chi connectivity index (χ4v) is 2.54. The lowest BCUT2D eigenvalue weighted by Crippen LogP contribution is -2.26. The van der Waals surface area contributed by atoms with E-state index in [0.717, 1.165) is 17.7 Å². The number of methoxy groups -OCH3 is 1. The SMILES string of the molecule is COc1cccc(-c2cc(C(=O)NCC[C@@H](C)n3ccnc3)[nH]n2)c1. The summed E-state index contributed by atoms with van der Waals surface area (Å²) in [5.74, 6) is 0.583. The number of hydrogen-bond donors (Lipinski definition) is 2. The van der Waals surface area contributed by atoms with Gasteiger partial charge in [0.2, 0.25) is 0 Å². The highest BCUT2D eigenvalue weighted by Gasteiger charge is 2.12. The van der Waals surface area contributed by atoms with Gasteiger partial charge in [0, 0.05) is 30.5 Å². The number of hydrogen-bond acceptors (Lipinski definition) is 4. The van der Waals surface area contributed by atoms with Crippen molar-refractivity contribution in [1.82, 2.24) is 25.1 Å². The zero-order valence-corrected chi connectivity index (χ0v) is 14.3. The van der Waals surface area contributed by atoms with E-state index in [1.807, 2.05) is 35.0 Å². The molecule has 1 atom stereocenters. The number of imidazole rings is 1. The third kappa shape index (κ3) is 4.06. The molecule has 130 valence electrons. The number of ether oxygens (including phenoxy) is 1. The first-order valence-corrected chi connectivity index (χ1v) is 8.13. The molecule has 7 nitrogen and oxygen atoms in total. The van der Waals surface area contributed by atoms with Crippen LogP contribution in [0.25, 0.3) is 11.3 Å². The zero-order valence-electron chi connectivity index (χ0n) is 14.3. The second-order valence-corrected chi connectivity index (χ2v) is 5.80. The van der Waals surface area contributed by atoms with Crippen molar-refractivity contribution in [1.29, 1.82) is 0 Å². The van der Waals surface area contributed by atoms with E-state index in [4.69, 9.17) is 4.74 Å². The molecule has 3 aromatic rings.